The maximum Gasteiger partial charge on any atom is 0.259 e. The Balaban J connectivity index is 1.48. The van der Waals surface area contributed by atoms with Crippen molar-refractivity contribution in [3.05, 3.63) is 41.6 Å². The third kappa shape index (κ3) is 4.28. The molecule has 6 nitrogen and oxygen atoms in total. The molecule has 28 heavy (non-hydrogen) atoms. The van der Waals surface area contributed by atoms with Crippen LogP contribution in [-0.4, -0.2) is 27.3 Å². The number of halogens is 1. The molecule has 3 aromatic rings. The van der Waals surface area contributed by atoms with Gasteiger partial charge in [-0.3, -0.25) is 0 Å². The highest BCUT2D eigenvalue weighted by atomic mass is 35.5. The van der Waals surface area contributed by atoms with Crippen molar-refractivity contribution >= 4 is 17.3 Å². The van der Waals surface area contributed by atoms with Gasteiger partial charge in [0, 0.05) is 23.5 Å². The molecule has 2 aromatic heterocycles. The minimum absolute atomic E-state index is 0.00279. The van der Waals surface area contributed by atoms with Crippen molar-refractivity contribution in [3.63, 3.8) is 0 Å². The molecule has 2 heterocycles. The quantitative estimate of drug-likeness (QED) is 0.583. The van der Waals surface area contributed by atoms with E-state index >= 15 is 0 Å². The van der Waals surface area contributed by atoms with Crippen LogP contribution >= 0.6 is 11.6 Å². The molecule has 0 atom stereocenters. The van der Waals surface area contributed by atoms with Gasteiger partial charge in [-0.15, -0.1) is 0 Å². The second-order valence-electron chi connectivity index (χ2n) is 7.30. The normalized spacial score (nSPS) is 14.6. The molecule has 0 radical (unpaired) electrons. The van der Waals surface area contributed by atoms with E-state index in [9.17, 15) is 0 Å². The summed E-state index contributed by atoms with van der Waals surface area (Å²) in [6, 6.07) is 10.4. The van der Waals surface area contributed by atoms with Crippen LogP contribution in [0.25, 0.3) is 22.8 Å². The van der Waals surface area contributed by atoms with E-state index in [0.29, 0.717) is 34.2 Å². The van der Waals surface area contributed by atoms with Gasteiger partial charge in [0.1, 0.15) is 5.02 Å². The van der Waals surface area contributed by atoms with E-state index in [1.54, 1.807) is 12.3 Å². The van der Waals surface area contributed by atoms with Gasteiger partial charge in [-0.25, -0.2) is 4.98 Å². The van der Waals surface area contributed by atoms with E-state index in [0.717, 1.165) is 11.3 Å². The van der Waals surface area contributed by atoms with E-state index in [-0.39, 0.29) is 6.10 Å². The second kappa shape index (κ2) is 8.19. The van der Waals surface area contributed by atoms with Crippen LogP contribution in [0.15, 0.2) is 41.1 Å². The van der Waals surface area contributed by atoms with Gasteiger partial charge >= 0.3 is 0 Å². The summed E-state index contributed by atoms with van der Waals surface area (Å²) in [5.41, 5.74) is 2.67. The Kier molecular flexibility index (Phi) is 5.48. The predicted octanol–water partition coefficient (Wildman–Crippen LogP) is 5.59. The SMILES string of the molecule is CC(C)Oc1ncc(-c2nc(-c3ccc(NC4CCCC4)cc3)no2)cc1Cl. The van der Waals surface area contributed by atoms with Crippen molar-refractivity contribution < 1.29 is 9.26 Å². The average Bonchev–Trinajstić information content (AvgIpc) is 3.36. The van der Waals surface area contributed by atoms with E-state index in [1.807, 2.05) is 26.0 Å². The monoisotopic (exact) mass is 398 g/mol. The zero-order chi connectivity index (χ0) is 19.5. The first-order chi connectivity index (χ1) is 13.6. The van der Waals surface area contributed by atoms with Crippen molar-refractivity contribution in [3.8, 4) is 28.7 Å². The van der Waals surface area contributed by atoms with Gasteiger partial charge in [0.25, 0.3) is 5.89 Å². The molecule has 0 bridgehead atoms. The van der Waals surface area contributed by atoms with Gasteiger partial charge in [0.05, 0.1) is 11.7 Å². The highest BCUT2D eigenvalue weighted by Gasteiger charge is 2.16. The summed E-state index contributed by atoms with van der Waals surface area (Å²) in [5.74, 6) is 1.29. The molecule has 1 aliphatic carbocycles. The summed E-state index contributed by atoms with van der Waals surface area (Å²) >= 11 is 6.25. The fourth-order valence-corrected chi connectivity index (χ4v) is 3.54. The van der Waals surface area contributed by atoms with Gasteiger partial charge < -0.3 is 14.6 Å². The molecule has 0 spiro atoms. The fourth-order valence-electron chi connectivity index (χ4n) is 3.33. The molecule has 146 valence electrons. The minimum atomic E-state index is -0.00279. The Morgan fingerprint density at radius 3 is 2.57 bits per heavy atom. The topological polar surface area (TPSA) is 73.1 Å². The lowest BCUT2D eigenvalue weighted by molar-refractivity contribution is 0.233. The first kappa shape index (κ1) is 18.7. The van der Waals surface area contributed by atoms with E-state index in [2.05, 4.69) is 32.6 Å². The van der Waals surface area contributed by atoms with Crippen LogP contribution in [0.2, 0.25) is 5.02 Å². The molecule has 0 aliphatic heterocycles. The summed E-state index contributed by atoms with van der Waals surface area (Å²) in [4.78, 5) is 8.72. The number of rotatable bonds is 6. The standard InChI is InChI=1S/C21H23ClN4O2/c1-13(2)27-21-18(22)11-15(12-23-21)20-25-19(26-28-20)14-7-9-17(10-8-14)24-16-5-3-4-6-16/h7-13,16,24H,3-6H2,1-2H3. The number of benzene rings is 1. The van der Waals surface area contributed by atoms with Crippen LogP contribution in [0.4, 0.5) is 5.69 Å². The summed E-state index contributed by atoms with van der Waals surface area (Å²) in [5, 5.41) is 8.07. The van der Waals surface area contributed by atoms with Gasteiger partial charge in [-0.05, 0) is 57.0 Å². The van der Waals surface area contributed by atoms with Crippen LogP contribution < -0.4 is 10.1 Å². The summed E-state index contributed by atoms with van der Waals surface area (Å²) in [7, 11) is 0. The largest absolute Gasteiger partial charge is 0.474 e. The molecule has 1 fully saturated rings. The molecular weight excluding hydrogens is 376 g/mol. The first-order valence-electron chi connectivity index (χ1n) is 9.62. The van der Waals surface area contributed by atoms with Crippen molar-refractivity contribution in [2.45, 2.75) is 51.7 Å². The van der Waals surface area contributed by atoms with E-state index in [4.69, 9.17) is 20.9 Å². The van der Waals surface area contributed by atoms with Crippen molar-refractivity contribution in [2.75, 3.05) is 5.32 Å². The highest BCUT2D eigenvalue weighted by molar-refractivity contribution is 6.32. The first-order valence-corrected chi connectivity index (χ1v) is 9.99. The Morgan fingerprint density at radius 1 is 1.14 bits per heavy atom. The Bertz CT molecular complexity index is 934. The molecular formula is C21H23ClN4O2. The maximum atomic E-state index is 6.25. The number of ether oxygens (including phenoxy) is 1. The number of nitrogens with zero attached hydrogens (tertiary/aromatic N) is 3. The molecule has 1 N–H and O–H groups in total. The summed E-state index contributed by atoms with van der Waals surface area (Å²) < 4.78 is 11.0. The maximum absolute atomic E-state index is 6.25. The fraction of sp³-hybridized carbons (Fsp3) is 0.381. The minimum Gasteiger partial charge on any atom is -0.474 e. The molecule has 4 rings (SSSR count). The lowest BCUT2D eigenvalue weighted by Crippen LogP contribution is -2.14. The molecule has 0 amide bonds. The zero-order valence-corrected chi connectivity index (χ0v) is 16.7. The molecule has 1 aliphatic rings. The van der Waals surface area contributed by atoms with Crippen molar-refractivity contribution in [1.82, 2.24) is 15.1 Å². The van der Waals surface area contributed by atoms with Crippen LogP contribution in [0.5, 0.6) is 5.88 Å². The van der Waals surface area contributed by atoms with Crippen molar-refractivity contribution in [1.29, 1.82) is 0 Å². The number of nitrogens with one attached hydrogen (secondary N) is 1. The smallest absolute Gasteiger partial charge is 0.259 e. The third-order valence-electron chi connectivity index (χ3n) is 4.70. The average molecular weight is 399 g/mol. The zero-order valence-electron chi connectivity index (χ0n) is 16.0. The number of hydrogen-bond donors (Lipinski definition) is 1. The van der Waals surface area contributed by atoms with Gasteiger partial charge in [0.2, 0.25) is 11.7 Å². The van der Waals surface area contributed by atoms with Crippen LogP contribution in [0, 0.1) is 0 Å². The highest BCUT2D eigenvalue weighted by Crippen LogP contribution is 2.29. The Hall–Kier alpha value is -2.60. The molecule has 7 heteroatoms. The van der Waals surface area contributed by atoms with E-state index < -0.39 is 0 Å². The molecule has 1 saturated carbocycles. The lowest BCUT2D eigenvalue weighted by Gasteiger charge is -2.13. The summed E-state index contributed by atoms with van der Waals surface area (Å²) in [6.45, 7) is 3.84. The molecule has 0 saturated heterocycles. The van der Waals surface area contributed by atoms with Crippen LogP contribution in [0.1, 0.15) is 39.5 Å². The number of hydrogen-bond acceptors (Lipinski definition) is 6. The lowest BCUT2D eigenvalue weighted by atomic mass is 10.1. The van der Waals surface area contributed by atoms with Gasteiger partial charge in [-0.2, -0.15) is 4.98 Å². The number of pyridine rings is 1. The van der Waals surface area contributed by atoms with E-state index in [1.165, 1.54) is 25.7 Å². The summed E-state index contributed by atoms with van der Waals surface area (Å²) in [6.07, 6.45) is 6.73. The molecule has 1 aromatic carbocycles. The van der Waals surface area contributed by atoms with Crippen molar-refractivity contribution in [2.24, 2.45) is 0 Å². The molecule has 0 unspecified atom stereocenters. The Morgan fingerprint density at radius 2 is 1.89 bits per heavy atom. The third-order valence-corrected chi connectivity index (χ3v) is 4.97. The number of anilines is 1. The van der Waals surface area contributed by atoms with Crippen LogP contribution in [0.3, 0.4) is 0 Å². The number of aromatic nitrogens is 3. The predicted molar refractivity (Wildman–Crippen MR) is 110 cm³/mol. The Labute approximate surface area is 169 Å². The van der Waals surface area contributed by atoms with Gasteiger partial charge in [0.15, 0.2) is 0 Å². The second-order valence-corrected chi connectivity index (χ2v) is 7.71. The van der Waals surface area contributed by atoms with Gasteiger partial charge in [-0.1, -0.05) is 29.6 Å². The van der Waals surface area contributed by atoms with Crippen LogP contribution in [-0.2, 0) is 0 Å².